The van der Waals surface area contributed by atoms with Gasteiger partial charge in [0.1, 0.15) is 5.75 Å². The zero-order valence-corrected chi connectivity index (χ0v) is 25.6. The summed E-state index contributed by atoms with van der Waals surface area (Å²) in [7, 11) is 0.750. The van der Waals surface area contributed by atoms with E-state index in [0.717, 1.165) is 17.1 Å². The van der Waals surface area contributed by atoms with Gasteiger partial charge in [-0.2, -0.15) is 7.11 Å². The Morgan fingerprint density at radius 3 is 1.53 bits per heavy atom. The summed E-state index contributed by atoms with van der Waals surface area (Å²) in [6.07, 6.45) is 0. The number of halogens is 1. The van der Waals surface area contributed by atoms with Crippen LogP contribution in [0.3, 0.4) is 0 Å². The molecule has 0 aromatic heterocycles. The van der Waals surface area contributed by atoms with Gasteiger partial charge in [0.25, 0.3) is 0 Å². The van der Waals surface area contributed by atoms with Gasteiger partial charge in [0.15, 0.2) is 0 Å². The number of aryl methyl sites for hydroxylation is 2. The zero-order chi connectivity index (χ0) is 24.3. The monoisotopic (exact) mass is 544 g/mol. The topological polar surface area (TPSA) is 49.8 Å². The second kappa shape index (κ2) is 18.8. The summed E-state index contributed by atoms with van der Waals surface area (Å²) in [5.41, 5.74) is 5.23. The molecule has 0 aliphatic carbocycles. The molecule has 3 saturated heterocycles. The van der Waals surface area contributed by atoms with E-state index in [1.165, 1.54) is 56.0 Å². The van der Waals surface area contributed by atoms with Crippen LogP contribution in [0.15, 0.2) is 40.9 Å². The molecule has 0 spiro atoms. The molecular weight excluding hydrogens is 499 g/mol. The maximum Gasteiger partial charge on any atom is 1.00 e. The fourth-order valence-corrected chi connectivity index (χ4v) is 4.27. The molecule has 6 heteroatoms. The summed E-state index contributed by atoms with van der Waals surface area (Å²) in [6, 6.07) is 12.1. The van der Waals surface area contributed by atoms with Crippen LogP contribution >= 0.6 is 15.9 Å². The van der Waals surface area contributed by atoms with Crippen LogP contribution in [0, 0.1) is 13.8 Å². The van der Waals surface area contributed by atoms with Crippen LogP contribution in [0.2, 0.25) is 0 Å². The molecule has 0 amide bonds. The fourth-order valence-electron chi connectivity index (χ4n) is 3.89. The van der Waals surface area contributed by atoms with Crippen LogP contribution in [-0.4, -0.2) is 61.3 Å². The molecule has 0 atom stereocenters. The molecule has 2 bridgehead atoms. The summed E-state index contributed by atoms with van der Waals surface area (Å²) in [5.74, 6) is 1.39. The minimum Gasteiger partial charge on any atom is -0.857 e. The Balaban J connectivity index is 0. The predicted octanol–water partition coefficient (Wildman–Crippen LogP) is 2.94. The Bertz CT molecular complexity index is 728. The molecule has 3 heterocycles. The van der Waals surface area contributed by atoms with Crippen molar-refractivity contribution in [1.82, 2.24) is 9.80 Å². The van der Waals surface area contributed by atoms with Gasteiger partial charge in [0.05, 0.1) is 0 Å². The van der Waals surface area contributed by atoms with Crippen LogP contribution in [0.25, 0.3) is 0 Å². The van der Waals surface area contributed by atoms with Crippen LogP contribution in [0.5, 0.6) is 5.75 Å². The maximum atomic E-state index is 9.38. The first kappa shape index (κ1) is 35.8. The Morgan fingerprint density at radius 2 is 1.21 bits per heavy atom. The largest absolute Gasteiger partial charge is 1.00 e. The summed E-state index contributed by atoms with van der Waals surface area (Å²) in [5, 5.41) is 17.6. The summed E-state index contributed by atoms with van der Waals surface area (Å²) in [4.78, 5) is 5.08. The van der Waals surface area contributed by atoms with E-state index in [1.54, 1.807) is 6.07 Å². The molecule has 5 rings (SSSR count). The number of rotatable bonds is 2. The van der Waals surface area contributed by atoms with Crippen molar-refractivity contribution >= 4 is 15.9 Å². The summed E-state index contributed by atoms with van der Waals surface area (Å²) in [6.45, 7) is 20.8. The van der Waals surface area contributed by atoms with Crippen molar-refractivity contribution in [3.8, 4) is 5.75 Å². The molecule has 34 heavy (non-hydrogen) atoms. The van der Waals surface area contributed by atoms with E-state index < -0.39 is 0 Å². The van der Waals surface area contributed by atoms with Crippen molar-refractivity contribution in [2.75, 3.05) is 46.4 Å². The summed E-state index contributed by atoms with van der Waals surface area (Å²) >= 11 is 3.35. The van der Waals surface area contributed by atoms with E-state index >= 15 is 0 Å². The van der Waals surface area contributed by atoms with Gasteiger partial charge in [0, 0.05) is 43.7 Å². The minimum atomic E-state index is 0. The second-order valence-electron chi connectivity index (χ2n) is 9.06. The average molecular weight is 546 g/mol. The molecule has 3 aliphatic rings. The molecular formula is C28H46BrN2NaO2. The van der Waals surface area contributed by atoms with Gasteiger partial charge >= 0.3 is 29.6 Å². The maximum absolute atomic E-state index is 9.38. The molecule has 1 N–H and O–H groups in total. The smallest absolute Gasteiger partial charge is 0.857 e. The fraction of sp³-hybridized carbons (Fsp3) is 0.571. The zero-order valence-electron chi connectivity index (χ0n) is 22.0. The van der Waals surface area contributed by atoms with Crippen molar-refractivity contribution in [2.45, 2.75) is 60.8 Å². The van der Waals surface area contributed by atoms with E-state index in [9.17, 15) is 5.11 Å². The Kier molecular flexibility index (Phi) is 19.8. The third-order valence-electron chi connectivity index (χ3n) is 5.87. The minimum absolute atomic E-state index is 0. The predicted molar refractivity (Wildman–Crippen MR) is 145 cm³/mol. The molecule has 2 aromatic carbocycles. The van der Waals surface area contributed by atoms with Crippen LogP contribution < -0.4 is 34.7 Å². The molecule has 3 aliphatic heterocycles. The SMILES string of the molecule is C.C1CN2CCN1CC2.CC(C)c1cc(Br)ccc1O.C[O-].Cc1ccc(C)c(C(C)C)c1.[Na+]. The van der Waals surface area contributed by atoms with E-state index in [0.29, 0.717) is 17.6 Å². The van der Waals surface area contributed by atoms with Crippen molar-refractivity contribution in [1.29, 1.82) is 0 Å². The number of phenols is 1. The molecule has 4 nitrogen and oxygen atoms in total. The Morgan fingerprint density at radius 1 is 0.765 bits per heavy atom. The van der Waals surface area contributed by atoms with E-state index in [4.69, 9.17) is 5.11 Å². The Labute approximate surface area is 240 Å². The molecule has 2 aromatic rings. The average Bonchev–Trinajstić information content (AvgIpc) is 2.80. The van der Waals surface area contributed by atoms with Gasteiger partial charge in [-0.15, -0.1) is 0 Å². The van der Waals surface area contributed by atoms with Crippen LogP contribution in [-0.2, 0) is 0 Å². The van der Waals surface area contributed by atoms with Gasteiger partial charge in [-0.1, -0.05) is 74.8 Å². The standard InChI is InChI=1S/C11H16.C9H11BrO.C6H12N2.CH3O.CH4.Na/c1-8(2)11-7-9(3)5-6-10(11)4;1-6(2)8-5-7(10)3-4-9(8)11;1-2-8-5-3-7(1)4-6-8;1-2;;/h5-8H,1-4H3;3-6,11H,1-2H3;1-6H2;1H3;1H4;/q;;;-1;;+1. The van der Waals surface area contributed by atoms with E-state index in [-0.39, 0.29) is 37.0 Å². The first-order valence-corrected chi connectivity index (χ1v) is 12.4. The Hall–Kier alpha value is -0.400. The molecule has 0 unspecified atom stereocenters. The second-order valence-corrected chi connectivity index (χ2v) is 9.97. The number of nitrogens with zero attached hydrogens (tertiary/aromatic N) is 2. The van der Waals surface area contributed by atoms with Gasteiger partial charge in [-0.3, -0.25) is 9.80 Å². The quantitative estimate of drug-likeness (QED) is 0.590. The van der Waals surface area contributed by atoms with Gasteiger partial charge in [0.2, 0.25) is 0 Å². The van der Waals surface area contributed by atoms with Gasteiger partial charge in [-0.25, -0.2) is 0 Å². The van der Waals surface area contributed by atoms with Gasteiger partial charge < -0.3 is 10.2 Å². The first-order chi connectivity index (χ1) is 15.2. The number of fused-ring (bicyclic) bond motifs is 3. The number of benzene rings is 2. The van der Waals surface area contributed by atoms with Crippen LogP contribution in [0.4, 0.5) is 0 Å². The number of aromatic hydroxyl groups is 1. The third-order valence-corrected chi connectivity index (χ3v) is 6.36. The van der Waals surface area contributed by atoms with Crippen molar-refractivity contribution in [2.24, 2.45) is 0 Å². The van der Waals surface area contributed by atoms with E-state index in [1.807, 2.05) is 12.1 Å². The van der Waals surface area contributed by atoms with Gasteiger partial charge in [-0.05, 0) is 60.6 Å². The van der Waals surface area contributed by atoms with Crippen LogP contribution in [0.1, 0.15) is 69.2 Å². The number of hydrogen-bond acceptors (Lipinski definition) is 4. The van der Waals surface area contributed by atoms with E-state index in [2.05, 4.69) is 85.5 Å². The molecule has 0 saturated carbocycles. The molecule has 188 valence electrons. The number of hydrogen-bond donors (Lipinski definition) is 1. The third kappa shape index (κ3) is 12.5. The molecule has 0 radical (unpaired) electrons. The van der Waals surface area contributed by atoms with Crippen molar-refractivity contribution in [3.63, 3.8) is 0 Å². The molecule has 3 fully saturated rings. The van der Waals surface area contributed by atoms with Crippen molar-refractivity contribution < 1.29 is 39.8 Å². The number of piperazine rings is 3. The number of phenolic OH excluding ortho intramolecular Hbond substituents is 1. The van der Waals surface area contributed by atoms with Crippen molar-refractivity contribution in [3.05, 3.63) is 63.1 Å². The first-order valence-electron chi connectivity index (χ1n) is 11.6. The normalized spacial score (nSPS) is 17.6. The summed E-state index contributed by atoms with van der Waals surface area (Å²) < 4.78 is 1.01.